The number of aliphatic imine (C=N–C) groups is 1. The van der Waals surface area contributed by atoms with Crippen molar-refractivity contribution in [2.24, 2.45) is 16.6 Å². The Morgan fingerprint density at radius 1 is 0.669 bits per heavy atom. The van der Waals surface area contributed by atoms with Gasteiger partial charge in [-0.1, -0.05) is 45.1 Å². The Morgan fingerprint density at radius 2 is 1.26 bits per heavy atom. The maximum Gasteiger partial charge on any atom is 0.357 e. The monoisotopic (exact) mass is 2020 g/mol. The molecule has 0 spiro atoms. The van der Waals surface area contributed by atoms with E-state index in [1.807, 2.05) is 0 Å². The number of nitrogens with zero attached hydrogens (tertiary/aromatic N) is 7. The van der Waals surface area contributed by atoms with Crippen molar-refractivity contribution in [3.8, 4) is 0 Å². The summed E-state index contributed by atoms with van der Waals surface area (Å²) in [6.07, 6.45) is -3.75. The Morgan fingerprint density at radius 3 is 1.88 bits per heavy atom. The number of nitrogens with two attached hydrogens (primary N) is 1. The molecule has 0 fully saturated rings. The minimum atomic E-state index is -2.28. The summed E-state index contributed by atoms with van der Waals surface area (Å²) in [5, 5.41) is 98.9. The van der Waals surface area contributed by atoms with Gasteiger partial charge in [0.25, 0.3) is 29.5 Å². The maximum atomic E-state index is 15.7. The van der Waals surface area contributed by atoms with E-state index in [1.165, 1.54) is 107 Å². The summed E-state index contributed by atoms with van der Waals surface area (Å²) in [7, 11) is 2.17. The van der Waals surface area contributed by atoms with Crippen molar-refractivity contribution in [2.75, 3.05) is 37.2 Å². The third kappa shape index (κ3) is 25.5. The zero-order valence-corrected chi connectivity index (χ0v) is 81.5. The van der Waals surface area contributed by atoms with Crippen molar-refractivity contribution in [3.63, 3.8) is 0 Å². The minimum absolute atomic E-state index is 0.0153. The topological polar surface area (TPSA) is 674 Å². The largest absolute Gasteiger partial charge is 0.467 e. The van der Waals surface area contributed by atoms with Gasteiger partial charge in [0.2, 0.25) is 47.3 Å². The van der Waals surface area contributed by atoms with Crippen LogP contribution in [-0.2, 0) is 72.5 Å². The molecule has 1 aliphatic carbocycles. The van der Waals surface area contributed by atoms with Gasteiger partial charge < -0.3 is 109 Å². The van der Waals surface area contributed by atoms with Crippen LogP contribution in [0.15, 0.2) is 62.4 Å². The molecule has 0 aromatic carbocycles. The normalized spacial score (nSPS) is 24.2. The molecule has 20 atom stereocenters. The van der Waals surface area contributed by atoms with Gasteiger partial charge in [-0.2, -0.15) is 23.5 Å². The number of fused-ring (bicyclic) bond motifs is 8. The summed E-state index contributed by atoms with van der Waals surface area (Å²) < 4.78 is 16.0. The molecule has 10 rings (SSSR count). The molecule has 0 radical (unpaired) electrons. The number of methoxy groups -OCH3 is 2. The third-order valence-electron chi connectivity index (χ3n) is 22.3. The van der Waals surface area contributed by atoms with Crippen molar-refractivity contribution in [1.82, 2.24) is 99.0 Å². The zero-order chi connectivity index (χ0) is 100.0. The number of carbonyl (C=O) groups excluding carboxylic acids is 16. The predicted octanol–water partition coefficient (Wildman–Crippen LogP) is 0.0189. The van der Waals surface area contributed by atoms with Crippen molar-refractivity contribution < 1.29 is 116 Å². The fourth-order valence-corrected chi connectivity index (χ4v) is 21.0. The summed E-state index contributed by atoms with van der Waals surface area (Å²) in [5.41, 5.74) is -1.22. The Bertz CT molecular complexity index is 5690. The van der Waals surface area contributed by atoms with Gasteiger partial charge in [-0.3, -0.25) is 72.6 Å². The number of nitrogens with one attached hydrogen (secondary N) is 13. The number of amides is 13. The molecule has 6 aromatic rings. The zero-order valence-electron chi connectivity index (χ0n) is 75.8. The van der Waals surface area contributed by atoms with Crippen LogP contribution in [0.5, 0.6) is 0 Å². The number of thiazole rings is 5. The molecule has 13 bridgehead atoms. The average Bonchev–Trinajstić information content (AvgIpc) is 1.56. The quantitative estimate of drug-likeness (QED) is 0.0216. The number of allylic oxidation sites excluding steroid dienone is 1. The standard InChI is InChI=1S/C84H105N21O24S7/c1-16-32(3)57-73(121)88-34(5)66(114)86-33(4)65(113)87-35(6)67(115)105-84-21-20-46(76-99-51(28-133-76)69(117)96-50(24-131-26-56(80(124)128-15)90-41(12)110)68(116)95-49(64(85)112)23-130-25-55(79(123)127-14)89-40(11)109)93-62(84)48-27-134-77(97-48)59(38(9)129-81(125)47-22-43(36(7)106)42-18-19-45(91-57)61(111)60(42)92-47)103-70(118)52-30-135-78(100-52)63(83(13,126)39(10)108)104-72(120)53-29-132-75(98-53)44(17-2)94-74(122)58(37(8)107)102-71(119)54-31-136-82(84)101-54/h17-19,22,27-32,34-39,45,49-50,55-59,61-63,91,106-108,111,126H,4,16,20-21,23-26H2,1-3,5-15H3,(H2,85,112)(H,86,114)(H,87,113)(H,88,121)(H,89,109)(H,90,110)(H,94,122)(H,95,116)(H,96,117)(H,102,119)(H,103,118)(H,104,120)(H,105,115)/b44-17-/t32-,34-,35-,36-,37+,38+,39+,45?,49?,50?,55?,56?,57-,58-,59-,61-,62+,63+,83+,84?/m0/s1. The number of esters is 3. The van der Waals surface area contributed by atoms with Crippen LogP contribution in [0, 0.1) is 5.92 Å². The first-order valence-corrected chi connectivity index (χ1v) is 49.0. The van der Waals surface area contributed by atoms with Gasteiger partial charge in [0.1, 0.15) is 137 Å². The molecule has 0 saturated heterocycles. The van der Waals surface area contributed by atoms with Crippen LogP contribution >= 0.6 is 80.2 Å². The highest BCUT2D eigenvalue weighted by atomic mass is 32.2. The third-order valence-corrected chi connectivity index (χ3v) is 29.2. The van der Waals surface area contributed by atoms with Crippen LogP contribution in [0.2, 0.25) is 0 Å². The van der Waals surface area contributed by atoms with Gasteiger partial charge in [-0.15, -0.1) is 56.7 Å². The Labute approximate surface area is 806 Å². The van der Waals surface area contributed by atoms with Gasteiger partial charge >= 0.3 is 17.9 Å². The highest BCUT2D eigenvalue weighted by molar-refractivity contribution is 7.99. The lowest BCUT2D eigenvalue weighted by Crippen LogP contribution is -2.57. The lowest BCUT2D eigenvalue weighted by molar-refractivity contribution is -0.144. The first-order valence-electron chi connectivity index (χ1n) is 42.3. The Balaban J connectivity index is 1.16. The Hall–Kier alpha value is -11.8. The number of rotatable bonds is 24. The molecule has 0 saturated carbocycles. The van der Waals surface area contributed by atoms with E-state index in [1.54, 1.807) is 13.8 Å². The first-order chi connectivity index (χ1) is 64.2. The second kappa shape index (κ2) is 46.3. The van der Waals surface area contributed by atoms with Crippen molar-refractivity contribution >= 4 is 192 Å². The SMILES string of the molecule is C=C1NC(=O)[C@H](C)NC(=O)[C@H]([C@@H](C)CC)NC2C=Cc3c([C@H](C)O)cc(nc3[C@H]2O)C(=O)O[C@H](C)[C@@H]2NC(=O)c3csc(n3)[C@H]([C@](C)(O)[C@@H](C)O)NC(=O)c3csc(n3)/C(=C/C)NC(=O)[C@H]([C@@H](C)O)NC(=O)c3csc(n3)C3(CCC(c4nc(C(=O)NC(CSCC(NC(C)=O)C(=O)OC)C(=O)NC(CSCC(NC(C)=O)C(=O)OC)C(N)=O)cs4)=N[C@@H]3c3csc2n3)NC(=O)[C@H](C)NC1=O. The molecule has 732 valence electrons. The van der Waals surface area contributed by atoms with E-state index in [9.17, 15) is 87.9 Å². The van der Waals surface area contributed by atoms with Crippen LogP contribution in [0.4, 0.5) is 0 Å². The molecule has 3 aliphatic heterocycles. The first kappa shape index (κ1) is 106. The predicted molar refractivity (Wildman–Crippen MR) is 499 cm³/mol. The van der Waals surface area contributed by atoms with Crippen LogP contribution in [0.25, 0.3) is 11.8 Å². The van der Waals surface area contributed by atoms with E-state index >= 15 is 14.4 Å². The van der Waals surface area contributed by atoms with Gasteiger partial charge in [-0.05, 0) is 85.8 Å². The van der Waals surface area contributed by atoms with E-state index in [0.717, 1.165) is 108 Å². The van der Waals surface area contributed by atoms with Gasteiger partial charge in [-0.25, -0.2) is 44.3 Å². The number of primary amides is 1. The number of hydrogen-bond acceptors (Lipinski definition) is 39. The van der Waals surface area contributed by atoms with Gasteiger partial charge in [0, 0.05) is 69.3 Å². The molecule has 45 nitrogen and oxygen atoms in total. The highest BCUT2D eigenvalue weighted by Crippen LogP contribution is 2.48. The molecule has 6 aromatic heterocycles. The minimum Gasteiger partial charge on any atom is -0.467 e. The number of aromatic nitrogens is 6. The van der Waals surface area contributed by atoms with E-state index in [2.05, 4.69) is 90.6 Å². The molecule has 13 amide bonds. The number of carbonyl (C=O) groups is 16. The summed E-state index contributed by atoms with van der Waals surface area (Å²) in [6.45, 7) is 20.1. The molecule has 52 heteroatoms. The summed E-state index contributed by atoms with van der Waals surface area (Å²) in [5.74, 6) is -16.7. The van der Waals surface area contributed by atoms with E-state index in [4.69, 9.17) is 39.9 Å². The Kier molecular flexibility index (Phi) is 36.2. The second-order valence-corrected chi connectivity index (χ2v) is 38.9. The smallest absolute Gasteiger partial charge is 0.357 e. The van der Waals surface area contributed by atoms with Crippen molar-refractivity contribution in [3.05, 3.63) is 133 Å². The number of aliphatic hydroxyl groups is 5. The number of ether oxygens (including phenoxy) is 3. The van der Waals surface area contributed by atoms with E-state index in [0.29, 0.717) is 6.42 Å². The summed E-state index contributed by atoms with van der Waals surface area (Å²) in [4.78, 5) is 259. The van der Waals surface area contributed by atoms with Crippen molar-refractivity contribution in [2.45, 2.75) is 217 Å². The number of aliphatic hydroxyl groups excluding tert-OH is 4. The van der Waals surface area contributed by atoms with Crippen LogP contribution in [-0.4, -0.2) is 271 Å². The van der Waals surface area contributed by atoms with Gasteiger partial charge in [0.05, 0.1) is 73.1 Å². The fraction of sp³-hybridized carbons (Fsp3) is 0.488. The van der Waals surface area contributed by atoms with E-state index in [-0.39, 0.29) is 106 Å². The van der Waals surface area contributed by atoms with Gasteiger partial charge in [0.15, 0.2) is 0 Å². The molecule has 6 unspecified atom stereocenters. The number of thioether (sulfide) groups is 2. The van der Waals surface area contributed by atoms with Crippen molar-refractivity contribution in [1.29, 1.82) is 0 Å². The molecule has 9 heterocycles. The molecular weight excluding hydrogens is 1910 g/mol. The fourth-order valence-electron chi connectivity index (χ4n) is 14.2. The average molecular weight is 2020 g/mol. The maximum absolute atomic E-state index is 15.7. The van der Waals surface area contributed by atoms with Crippen LogP contribution < -0.4 is 74.9 Å². The number of pyridine rings is 1. The lowest BCUT2D eigenvalue weighted by Gasteiger charge is -2.41. The number of cyclic esters (lactones) is 1. The molecule has 4 aliphatic rings. The van der Waals surface area contributed by atoms with E-state index < -0.39 is 238 Å². The highest BCUT2D eigenvalue weighted by Gasteiger charge is 2.52. The van der Waals surface area contributed by atoms with Crippen LogP contribution in [0.1, 0.15) is 233 Å². The molecule has 136 heavy (non-hydrogen) atoms. The molecular formula is C84H105N21O24S7. The van der Waals surface area contributed by atoms with Crippen LogP contribution in [0.3, 0.4) is 0 Å². The summed E-state index contributed by atoms with van der Waals surface area (Å²) >= 11 is 5.84. The second-order valence-electron chi connectivity index (χ2n) is 32.4. The summed E-state index contributed by atoms with van der Waals surface area (Å²) in [6, 6.07) is -16.5. The lowest BCUT2D eigenvalue weighted by atomic mass is 9.80. The molecule has 20 N–H and O–H groups in total. The number of hydrogen-bond donors (Lipinski definition) is 19.